The molecule has 0 atom stereocenters. The molecule has 1 aromatic carbocycles. The number of methoxy groups -OCH3 is 1. The van der Waals surface area contributed by atoms with Crippen molar-refractivity contribution in [2.45, 2.75) is 31.7 Å². The molecular formula is C22H20F3N7O. The van der Waals surface area contributed by atoms with E-state index in [9.17, 15) is 13.2 Å². The molecule has 1 saturated carbocycles. The average molecular weight is 455 g/mol. The van der Waals surface area contributed by atoms with E-state index in [2.05, 4.69) is 30.6 Å². The van der Waals surface area contributed by atoms with Crippen LogP contribution in [0.1, 0.15) is 31.7 Å². The number of hydrogen-bond donors (Lipinski definition) is 2. The zero-order valence-corrected chi connectivity index (χ0v) is 17.6. The van der Waals surface area contributed by atoms with Gasteiger partial charge in [0.1, 0.15) is 17.0 Å². The monoisotopic (exact) mass is 455 g/mol. The minimum Gasteiger partial charge on any atom is -0.481 e. The Bertz CT molecular complexity index is 1280. The van der Waals surface area contributed by atoms with E-state index in [1.807, 2.05) is 4.57 Å². The molecule has 0 saturated heterocycles. The van der Waals surface area contributed by atoms with Gasteiger partial charge in [-0.1, -0.05) is 12.8 Å². The minimum absolute atomic E-state index is 0.0504. The van der Waals surface area contributed by atoms with Gasteiger partial charge in [-0.05, 0) is 18.9 Å². The van der Waals surface area contributed by atoms with Gasteiger partial charge in [-0.2, -0.15) is 4.98 Å². The fourth-order valence-electron chi connectivity index (χ4n) is 4.03. The summed E-state index contributed by atoms with van der Waals surface area (Å²) in [5, 5.41) is 5.79. The minimum atomic E-state index is -1.04. The first-order chi connectivity index (χ1) is 16.0. The van der Waals surface area contributed by atoms with Gasteiger partial charge in [0.25, 0.3) is 0 Å². The summed E-state index contributed by atoms with van der Waals surface area (Å²) in [6.45, 7) is 0. The first kappa shape index (κ1) is 21.0. The molecule has 2 N–H and O–H groups in total. The van der Waals surface area contributed by atoms with Crippen molar-refractivity contribution in [2.75, 3.05) is 17.7 Å². The molecule has 3 aromatic heterocycles. The van der Waals surface area contributed by atoms with Crippen LogP contribution in [0.2, 0.25) is 0 Å². The Labute approximate surface area is 186 Å². The number of anilines is 4. The van der Waals surface area contributed by atoms with Gasteiger partial charge in [0.15, 0.2) is 17.3 Å². The fourth-order valence-corrected chi connectivity index (χ4v) is 4.03. The predicted molar refractivity (Wildman–Crippen MR) is 116 cm³/mol. The Morgan fingerprint density at radius 3 is 2.39 bits per heavy atom. The lowest BCUT2D eigenvalue weighted by atomic mass is 10.2. The van der Waals surface area contributed by atoms with E-state index in [4.69, 9.17) is 4.74 Å². The van der Waals surface area contributed by atoms with E-state index < -0.39 is 23.1 Å². The first-order valence-electron chi connectivity index (χ1n) is 10.5. The van der Waals surface area contributed by atoms with E-state index in [1.165, 1.54) is 13.3 Å². The number of nitrogens with one attached hydrogen (secondary N) is 2. The summed E-state index contributed by atoms with van der Waals surface area (Å²) in [5.41, 5.74) is 1.18. The van der Waals surface area contributed by atoms with Crippen molar-refractivity contribution in [1.29, 1.82) is 0 Å². The van der Waals surface area contributed by atoms with Crippen molar-refractivity contribution in [2.24, 2.45) is 0 Å². The highest BCUT2D eigenvalue weighted by Crippen LogP contribution is 2.36. The zero-order valence-electron chi connectivity index (χ0n) is 17.6. The molecule has 0 bridgehead atoms. The van der Waals surface area contributed by atoms with Gasteiger partial charge >= 0.3 is 0 Å². The summed E-state index contributed by atoms with van der Waals surface area (Å²) in [5.74, 6) is -2.06. The van der Waals surface area contributed by atoms with E-state index in [1.54, 1.807) is 18.3 Å². The maximum atomic E-state index is 14.3. The Morgan fingerprint density at radius 1 is 0.970 bits per heavy atom. The third kappa shape index (κ3) is 4.13. The molecule has 1 aliphatic rings. The summed E-state index contributed by atoms with van der Waals surface area (Å²) in [7, 11) is 1.53. The number of fused-ring (bicyclic) bond motifs is 1. The van der Waals surface area contributed by atoms with Gasteiger partial charge in [0.2, 0.25) is 17.8 Å². The molecule has 11 heteroatoms. The predicted octanol–water partition coefficient (Wildman–Crippen LogP) is 5.25. The maximum absolute atomic E-state index is 14.3. The van der Waals surface area contributed by atoms with Crippen LogP contribution in [0.25, 0.3) is 11.2 Å². The Morgan fingerprint density at radius 2 is 1.73 bits per heavy atom. The number of aromatic nitrogens is 5. The van der Waals surface area contributed by atoms with Gasteiger partial charge in [-0.25, -0.2) is 28.1 Å². The highest BCUT2D eigenvalue weighted by Gasteiger charge is 2.25. The van der Waals surface area contributed by atoms with Gasteiger partial charge in [0.05, 0.1) is 25.2 Å². The second kappa shape index (κ2) is 8.57. The number of hydrogen-bond acceptors (Lipinski definition) is 7. The zero-order chi connectivity index (χ0) is 22.9. The molecule has 8 nitrogen and oxygen atoms in total. The van der Waals surface area contributed by atoms with Gasteiger partial charge in [-0.15, -0.1) is 0 Å². The van der Waals surface area contributed by atoms with Crippen molar-refractivity contribution in [3.8, 4) is 5.88 Å². The third-order valence-corrected chi connectivity index (χ3v) is 5.57. The van der Waals surface area contributed by atoms with Crippen molar-refractivity contribution >= 4 is 34.4 Å². The molecular weight excluding hydrogens is 435 g/mol. The van der Waals surface area contributed by atoms with Crippen molar-refractivity contribution < 1.29 is 17.9 Å². The van der Waals surface area contributed by atoms with Crippen LogP contribution in [0, 0.1) is 17.5 Å². The molecule has 0 spiro atoms. The quantitative estimate of drug-likeness (QED) is 0.410. The lowest BCUT2D eigenvalue weighted by molar-refractivity contribution is 0.398. The molecule has 170 valence electrons. The summed E-state index contributed by atoms with van der Waals surface area (Å²) in [6.07, 6.45) is 6.93. The molecule has 5 rings (SSSR count). The number of imidazole rings is 1. The number of benzene rings is 1. The maximum Gasteiger partial charge on any atom is 0.229 e. The highest BCUT2D eigenvalue weighted by atomic mass is 19.1. The molecule has 0 amide bonds. The molecule has 33 heavy (non-hydrogen) atoms. The van der Waals surface area contributed by atoms with Gasteiger partial charge in [0, 0.05) is 24.2 Å². The smallest absolute Gasteiger partial charge is 0.229 e. The summed E-state index contributed by atoms with van der Waals surface area (Å²) in [4.78, 5) is 17.5. The molecule has 0 radical (unpaired) electrons. The van der Waals surface area contributed by atoms with Crippen LogP contribution in [0.4, 0.5) is 36.4 Å². The van der Waals surface area contributed by atoms with Crippen LogP contribution in [0.15, 0.2) is 36.7 Å². The molecule has 4 aromatic rings. The number of rotatable bonds is 6. The molecule has 1 aliphatic carbocycles. The van der Waals surface area contributed by atoms with E-state index in [0.29, 0.717) is 40.8 Å². The van der Waals surface area contributed by atoms with E-state index in [0.717, 1.165) is 25.7 Å². The third-order valence-electron chi connectivity index (χ3n) is 5.57. The summed E-state index contributed by atoms with van der Waals surface area (Å²) < 4.78 is 48.8. The largest absolute Gasteiger partial charge is 0.481 e. The van der Waals surface area contributed by atoms with E-state index in [-0.39, 0.29) is 12.0 Å². The topological polar surface area (TPSA) is 89.8 Å². The number of pyridine rings is 1. The van der Waals surface area contributed by atoms with Crippen molar-refractivity contribution in [3.05, 3.63) is 54.1 Å². The summed E-state index contributed by atoms with van der Waals surface area (Å²) >= 11 is 0. The lowest BCUT2D eigenvalue weighted by Crippen LogP contribution is -2.11. The first-order valence-corrected chi connectivity index (χ1v) is 10.5. The molecule has 0 unspecified atom stereocenters. The second-order valence-electron chi connectivity index (χ2n) is 7.73. The van der Waals surface area contributed by atoms with Crippen LogP contribution in [-0.2, 0) is 0 Å². The molecule has 0 aliphatic heterocycles. The molecule has 3 heterocycles. The van der Waals surface area contributed by atoms with E-state index >= 15 is 0 Å². The number of halogens is 3. The standard InChI is InChI=1S/C22H20F3N7O/c1-33-18-7-6-13(10-26-18)28-21-27-11-17-20(31-21)32(14-4-2-3-5-14)22(29-17)30-19-15(24)8-12(23)9-16(19)25/h6-11,14H,2-5H2,1H3,(H,29,30)(H,27,28,31). The van der Waals surface area contributed by atoms with Gasteiger partial charge < -0.3 is 15.4 Å². The average Bonchev–Trinajstić information content (AvgIpc) is 3.44. The normalized spacial score (nSPS) is 14.1. The number of ether oxygens (including phenoxy) is 1. The Hall–Kier alpha value is -3.89. The van der Waals surface area contributed by atoms with Crippen molar-refractivity contribution in [3.63, 3.8) is 0 Å². The van der Waals surface area contributed by atoms with Gasteiger partial charge in [-0.3, -0.25) is 4.57 Å². The molecule has 1 fully saturated rings. The fraction of sp³-hybridized carbons (Fsp3) is 0.273. The number of nitrogens with zero attached hydrogens (tertiary/aromatic N) is 5. The lowest BCUT2D eigenvalue weighted by Gasteiger charge is -2.17. The van der Waals surface area contributed by atoms with Crippen LogP contribution in [-0.4, -0.2) is 31.6 Å². The van der Waals surface area contributed by atoms with Crippen LogP contribution in [0.3, 0.4) is 0 Å². The highest BCUT2D eigenvalue weighted by molar-refractivity contribution is 5.77. The van der Waals surface area contributed by atoms with Crippen LogP contribution in [0.5, 0.6) is 5.88 Å². The Kier molecular flexibility index (Phi) is 5.45. The summed E-state index contributed by atoms with van der Waals surface area (Å²) in [6, 6.07) is 4.78. The van der Waals surface area contributed by atoms with Crippen LogP contribution < -0.4 is 15.4 Å². The van der Waals surface area contributed by atoms with Crippen molar-refractivity contribution in [1.82, 2.24) is 24.5 Å². The second-order valence-corrected chi connectivity index (χ2v) is 7.73. The van der Waals surface area contributed by atoms with Crippen LogP contribution >= 0.6 is 0 Å². The SMILES string of the molecule is COc1ccc(Nc2ncc3nc(Nc4c(F)cc(F)cc4F)n(C4CCCC4)c3n2)cn1. The Balaban J connectivity index is 1.54.